The summed E-state index contributed by atoms with van der Waals surface area (Å²) in [5, 5.41) is 0.372. The number of alkyl halides is 3. The number of rotatable bonds is 1. The van der Waals surface area contributed by atoms with Gasteiger partial charge in [0.05, 0.1) is 16.1 Å². The fourth-order valence-corrected chi connectivity index (χ4v) is 2.17. The van der Waals surface area contributed by atoms with Gasteiger partial charge in [0.1, 0.15) is 5.52 Å². The fraction of sp³-hybridized carbons (Fsp3) is 0.0714. The topological polar surface area (TPSA) is 52.0 Å². The number of halogens is 4. The zero-order valence-electron chi connectivity index (χ0n) is 10.4. The van der Waals surface area contributed by atoms with E-state index in [2.05, 4.69) is 4.98 Å². The van der Waals surface area contributed by atoms with Crippen LogP contribution in [-0.4, -0.2) is 4.98 Å². The number of nitrogen functional groups attached to an aromatic ring is 1. The van der Waals surface area contributed by atoms with Gasteiger partial charge in [-0.05, 0) is 30.3 Å². The molecule has 0 atom stereocenters. The molecular formula is C14H8ClF3N2O. The van der Waals surface area contributed by atoms with Gasteiger partial charge in [-0.3, -0.25) is 0 Å². The molecule has 0 saturated carbocycles. The van der Waals surface area contributed by atoms with Gasteiger partial charge >= 0.3 is 6.18 Å². The van der Waals surface area contributed by atoms with Crippen LogP contribution in [0.3, 0.4) is 0 Å². The van der Waals surface area contributed by atoms with E-state index in [0.29, 0.717) is 16.1 Å². The Labute approximate surface area is 122 Å². The number of hydrogen-bond acceptors (Lipinski definition) is 3. The zero-order chi connectivity index (χ0) is 15.2. The first-order valence-electron chi connectivity index (χ1n) is 5.88. The first kappa shape index (κ1) is 13.8. The van der Waals surface area contributed by atoms with Crippen molar-refractivity contribution in [2.24, 2.45) is 0 Å². The minimum atomic E-state index is -4.45. The largest absolute Gasteiger partial charge is 0.434 e. The predicted molar refractivity (Wildman–Crippen MR) is 73.9 cm³/mol. The van der Waals surface area contributed by atoms with Gasteiger partial charge in [0, 0.05) is 5.69 Å². The molecule has 0 saturated heterocycles. The summed E-state index contributed by atoms with van der Waals surface area (Å²) in [5.41, 5.74) is 5.96. The monoisotopic (exact) mass is 312 g/mol. The maximum absolute atomic E-state index is 12.6. The summed E-state index contributed by atoms with van der Waals surface area (Å²) in [4.78, 5) is 4.18. The van der Waals surface area contributed by atoms with Crippen molar-refractivity contribution in [3.63, 3.8) is 0 Å². The van der Waals surface area contributed by atoms with E-state index >= 15 is 0 Å². The molecule has 0 bridgehead atoms. The quantitative estimate of drug-likeness (QED) is 0.660. The van der Waals surface area contributed by atoms with E-state index in [4.69, 9.17) is 21.8 Å². The highest BCUT2D eigenvalue weighted by Crippen LogP contribution is 2.36. The molecule has 3 aromatic rings. The molecule has 2 N–H and O–H groups in total. The predicted octanol–water partition coefficient (Wildman–Crippen LogP) is 4.75. The Balaban J connectivity index is 2.13. The molecule has 0 radical (unpaired) electrons. The molecule has 0 spiro atoms. The third kappa shape index (κ3) is 2.42. The molecule has 1 heterocycles. The second-order valence-corrected chi connectivity index (χ2v) is 4.81. The Morgan fingerprint density at radius 1 is 1.14 bits per heavy atom. The van der Waals surface area contributed by atoms with Crippen LogP contribution in [0.2, 0.25) is 5.02 Å². The number of hydrogen-bond donors (Lipinski definition) is 1. The fourth-order valence-electron chi connectivity index (χ4n) is 1.96. The molecule has 21 heavy (non-hydrogen) atoms. The molecule has 0 unspecified atom stereocenters. The summed E-state index contributed by atoms with van der Waals surface area (Å²) in [6.45, 7) is 0. The Morgan fingerprint density at radius 2 is 1.90 bits per heavy atom. The summed E-state index contributed by atoms with van der Waals surface area (Å²) in [5.74, 6) is 0.129. The average Bonchev–Trinajstić information content (AvgIpc) is 2.82. The van der Waals surface area contributed by atoms with Crippen molar-refractivity contribution >= 4 is 28.4 Å². The highest BCUT2D eigenvalue weighted by molar-refractivity contribution is 6.34. The number of fused-ring (bicyclic) bond motifs is 1. The van der Waals surface area contributed by atoms with Crippen molar-refractivity contribution in [2.75, 3.05) is 5.73 Å². The molecule has 108 valence electrons. The van der Waals surface area contributed by atoms with Gasteiger partial charge in [0.15, 0.2) is 5.58 Å². The van der Waals surface area contributed by atoms with E-state index in [1.807, 2.05) is 0 Å². The molecule has 0 fully saturated rings. The lowest BCUT2D eigenvalue weighted by atomic mass is 10.1. The van der Waals surface area contributed by atoms with Crippen LogP contribution in [0.15, 0.2) is 40.8 Å². The highest BCUT2D eigenvalue weighted by atomic mass is 35.5. The number of para-hydroxylation sites is 1. The van der Waals surface area contributed by atoms with Gasteiger partial charge in [0.25, 0.3) is 0 Å². The van der Waals surface area contributed by atoms with Crippen LogP contribution in [0, 0.1) is 0 Å². The molecule has 0 aliphatic heterocycles. The normalized spacial score (nSPS) is 12.0. The maximum atomic E-state index is 12.6. The molecule has 0 amide bonds. The van der Waals surface area contributed by atoms with E-state index in [0.717, 1.165) is 12.1 Å². The first-order chi connectivity index (χ1) is 9.86. The van der Waals surface area contributed by atoms with Crippen LogP contribution in [0.1, 0.15) is 5.56 Å². The minimum absolute atomic E-state index is 0.0625. The number of benzene rings is 2. The number of oxazole rings is 1. The molecule has 3 rings (SSSR count). The maximum Gasteiger partial charge on any atom is 0.416 e. The van der Waals surface area contributed by atoms with Crippen molar-refractivity contribution in [1.82, 2.24) is 4.98 Å². The van der Waals surface area contributed by atoms with Crippen molar-refractivity contribution < 1.29 is 17.6 Å². The Kier molecular flexibility index (Phi) is 3.06. The number of nitrogens with two attached hydrogens (primary N) is 1. The standard InChI is InChI=1S/C14H8ClF3N2O/c15-9-2-1-3-11-12(9)21-13(20-11)8-5-4-7(6-10(8)19)14(16,17)18/h1-6H,19H2. The van der Waals surface area contributed by atoms with Gasteiger partial charge < -0.3 is 10.2 Å². The van der Waals surface area contributed by atoms with Crippen LogP contribution < -0.4 is 5.73 Å². The van der Waals surface area contributed by atoms with Crippen LogP contribution in [0.25, 0.3) is 22.6 Å². The number of nitrogens with zero attached hydrogens (tertiary/aromatic N) is 1. The van der Waals surface area contributed by atoms with Crippen molar-refractivity contribution in [1.29, 1.82) is 0 Å². The smallest absolute Gasteiger partial charge is 0.416 e. The Hall–Kier alpha value is -2.21. The average molecular weight is 313 g/mol. The minimum Gasteiger partial charge on any atom is -0.434 e. The lowest BCUT2D eigenvalue weighted by Gasteiger charge is -2.08. The first-order valence-corrected chi connectivity index (χ1v) is 6.26. The summed E-state index contributed by atoms with van der Waals surface area (Å²) in [7, 11) is 0. The lowest BCUT2D eigenvalue weighted by molar-refractivity contribution is -0.137. The second kappa shape index (κ2) is 4.66. The van der Waals surface area contributed by atoms with Crippen LogP contribution in [0.5, 0.6) is 0 Å². The van der Waals surface area contributed by atoms with E-state index in [1.54, 1.807) is 18.2 Å². The summed E-state index contributed by atoms with van der Waals surface area (Å²) in [6.07, 6.45) is -4.45. The molecule has 0 aliphatic carbocycles. The molecule has 7 heteroatoms. The van der Waals surface area contributed by atoms with E-state index in [9.17, 15) is 13.2 Å². The highest BCUT2D eigenvalue weighted by Gasteiger charge is 2.31. The van der Waals surface area contributed by atoms with Crippen molar-refractivity contribution in [2.45, 2.75) is 6.18 Å². The Morgan fingerprint density at radius 3 is 2.52 bits per heavy atom. The van der Waals surface area contributed by atoms with Crippen molar-refractivity contribution in [3.8, 4) is 11.5 Å². The van der Waals surface area contributed by atoms with E-state index in [1.165, 1.54) is 6.07 Å². The van der Waals surface area contributed by atoms with Crippen molar-refractivity contribution in [3.05, 3.63) is 47.0 Å². The number of anilines is 1. The number of aromatic nitrogens is 1. The van der Waals surface area contributed by atoms with Crippen LogP contribution in [0.4, 0.5) is 18.9 Å². The Bertz CT molecular complexity index is 827. The SMILES string of the molecule is Nc1cc(C(F)(F)F)ccc1-c1nc2cccc(Cl)c2o1. The summed E-state index contributed by atoms with van der Waals surface area (Å²) in [6, 6.07) is 8.04. The summed E-state index contributed by atoms with van der Waals surface area (Å²) >= 11 is 5.97. The van der Waals surface area contributed by atoms with Gasteiger partial charge in [-0.1, -0.05) is 17.7 Å². The molecular weight excluding hydrogens is 305 g/mol. The van der Waals surface area contributed by atoms with E-state index < -0.39 is 11.7 Å². The van der Waals surface area contributed by atoms with Gasteiger partial charge in [-0.25, -0.2) is 4.98 Å². The second-order valence-electron chi connectivity index (χ2n) is 4.41. The van der Waals surface area contributed by atoms with Gasteiger partial charge in [0.2, 0.25) is 5.89 Å². The van der Waals surface area contributed by atoms with Gasteiger partial charge in [-0.15, -0.1) is 0 Å². The van der Waals surface area contributed by atoms with Crippen LogP contribution >= 0.6 is 11.6 Å². The molecule has 3 nitrogen and oxygen atoms in total. The zero-order valence-corrected chi connectivity index (χ0v) is 11.2. The summed E-state index contributed by atoms with van der Waals surface area (Å²) < 4.78 is 43.3. The third-order valence-corrected chi connectivity index (χ3v) is 3.27. The molecule has 1 aromatic heterocycles. The third-order valence-electron chi connectivity index (χ3n) is 2.98. The molecule has 0 aliphatic rings. The molecule has 2 aromatic carbocycles. The lowest BCUT2D eigenvalue weighted by Crippen LogP contribution is -2.06. The van der Waals surface area contributed by atoms with Gasteiger partial charge in [-0.2, -0.15) is 13.2 Å². The van der Waals surface area contributed by atoms with E-state index in [-0.39, 0.29) is 17.1 Å². The van der Waals surface area contributed by atoms with Crippen LogP contribution in [-0.2, 0) is 6.18 Å².